The maximum atomic E-state index is 10.2. The third kappa shape index (κ3) is 3.73. The van der Waals surface area contributed by atoms with Gasteiger partial charge in [-0.1, -0.05) is 0 Å². The molecule has 2 heterocycles. The molecule has 0 aromatic carbocycles. The first-order chi connectivity index (χ1) is 11.3. The molecule has 2 aliphatic rings. The zero-order valence-corrected chi connectivity index (χ0v) is 13.5. The van der Waals surface area contributed by atoms with Crippen LogP contribution in [0, 0.1) is 0 Å². The Hall–Kier alpha value is -0.400. The molecule has 0 bridgehead atoms. The van der Waals surface area contributed by atoms with Gasteiger partial charge >= 0.3 is 0 Å². The maximum Gasteiger partial charge on any atom is 0.187 e. The summed E-state index contributed by atoms with van der Waals surface area (Å²) in [6, 6.07) is 0. The second-order valence-electron chi connectivity index (χ2n) is 6.05. The minimum atomic E-state index is -1.47. The van der Waals surface area contributed by atoms with E-state index in [4.69, 9.17) is 18.9 Å². The number of aliphatic hydroxyl groups is 6. The summed E-state index contributed by atoms with van der Waals surface area (Å²) in [5.74, 6) is 0. The summed E-state index contributed by atoms with van der Waals surface area (Å²) in [5, 5.41) is 58.9. The van der Waals surface area contributed by atoms with E-state index in [-0.39, 0.29) is 0 Å². The molecule has 10 nitrogen and oxygen atoms in total. The number of aliphatic hydroxyl groups excluding tert-OH is 6. The molecular formula is C14H26O10. The summed E-state index contributed by atoms with van der Waals surface area (Å²) in [7, 11) is 1.32. The van der Waals surface area contributed by atoms with Crippen molar-refractivity contribution in [2.45, 2.75) is 68.1 Å². The molecule has 0 spiro atoms. The second kappa shape index (κ2) is 8.32. The molecule has 10 atom stereocenters. The lowest BCUT2D eigenvalue weighted by Crippen LogP contribution is -2.60. The van der Waals surface area contributed by atoms with Crippen LogP contribution in [0.3, 0.4) is 0 Å². The molecule has 4 unspecified atom stereocenters. The lowest BCUT2D eigenvalue weighted by Gasteiger charge is -2.42. The van der Waals surface area contributed by atoms with Crippen LogP contribution in [-0.4, -0.2) is 112 Å². The molecule has 2 saturated heterocycles. The minimum absolute atomic E-state index is 0.441. The van der Waals surface area contributed by atoms with Crippen LogP contribution in [0.4, 0.5) is 0 Å². The molecule has 0 radical (unpaired) electrons. The van der Waals surface area contributed by atoms with Crippen LogP contribution in [0.5, 0.6) is 0 Å². The monoisotopic (exact) mass is 354 g/mol. The normalized spacial score (nSPS) is 47.8. The van der Waals surface area contributed by atoms with Gasteiger partial charge in [-0.3, -0.25) is 0 Å². The van der Waals surface area contributed by atoms with Crippen molar-refractivity contribution in [2.75, 3.05) is 20.3 Å². The lowest BCUT2D eigenvalue weighted by molar-refractivity contribution is -0.287. The third-order valence-corrected chi connectivity index (χ3v) is 4.50. The highest BCUT2D eigenvalue weighted by atomic mass is 16.7. The van der Waals surface area contributed by atoms with E-state index >= 15 is 0 Å². The van der Waals surface area contributed by atoms with E-state index in [1.807, 2.05) is 0 Å². The second-order valence-corrected chi connectivity index (χ2v) is 6.05. The van der Waals surface area contributed by atoms with Crippen LogP contribution in [0.2, 0.25) is 0 Å². The van der Waals surface area contributed by atoms with Crippen LogP contribution in [0.15, 0.2) is 0 Å². The minimum Gasteiger partial charge on any atom is -0.394 e. The zero-order valence-electron chi connectivity index (χ0n) is 13.5. The summed E-state index contributed by atoms with van der Waals surface area (Å²) in [5.41, 5.74) is 0. The SMILES string of the molecule is CO[C@H](CO)[C@@H]1O[C@@H](O[C@@H]2C(O)C(C)OC(CO)[C@@H]2O)C(O)[C@@H]1O. The van der Waals surface area contributed by atoms with Gasteiger partial charge in [0.05, 0.1) is 19.3 Å². The predicted molar refractivity (Wildman–Crippen MR) is 76.9 cm³/mol. The van der Waals surface area contributed by atoms with Crippen molar-refractivity contribution in [3.8, 4) is 0 Å². The fraction of sp³-hybridized carbons (Fsp3) is 1.00. The molecule has 0 aromatic rings. The fourth-order valence-electron chi connectivity index (χ4n) is 2.99. The molecular weight excluding hydrogens is 328 g/mol. The zero-order chi connectivity index (χ0) is 18.0. The van der Waals surface area contributed by atoms with Gasteiger partial charge in [0.25, 0.3) is 0 Å². The van der Waals surface area contributed by atoms with Crippen LogP contribution in [0.1, 0.15) is 6.92 Å². The molecule has 10 heteroatoms. The van der Waals surface area contributed by atoms with Crippen molar-refractivity contribution in [3.63, 3.8) is 0 Å². The van der Waals surface area contributed by atoms with Crippen molar-refractivity contribution in [2.24, 2.45) is 0 Å². The summed E-state index contributed by atoms with van der Waals surface area (Å²) >= 11 is 0. The molecule has 0 aromatic heterocycles. The highest BCUT2D eigenvalue weighted by molar-refractivity contribution is 4.95. The van der Waals surface area contributed by atoms with E-state index in [0.29, 0.717) is 0 Å². The molecule has 2 rings (SSSR count). The van der Waals surface area contributed by atoms with Gasteiger partial charge in [-0.05, 0) is 6.92 Å². The molecule has 0 saturated carbocycles. The Kier molecular flexibility index (Phi) is 6.90. The number of methoxy groups -OCH3 is 1. The summed E-state index contributed by atoms with van der Waals surface area (Å²) in [6.07, 6.45) is -11.6. The van der Waals surface area contributed by atoms with Crippen molar-refractivity contribution in [3.05, 3.63) is 0 Å². The lowest BCUT2D eigenvalue weighted by atomic mass is 9.95. The van der Waals surface area contributed by atoms with E-state index in [0.717, 1.165) is 0 Å². The fourth-order valence-corrected chi connectivity index (χ4v) is 2.99. The molecule has 142 valence electrons. The van der Waals surface area contributed by atoms with Gasteiger partial charge < -0.3 is 49.6 Å². The Morgan fingerprint density at radius 1 is 0.958 bits per heavy atom. The van der Waals surface area contributed by atoms with Crippen LogP contribution >= 0.6 is 0 Å². The van der Waals surface area contributed by atoms with Crippen molar-refractivity contribution in [1.29, 1.82) is 0 Å². The van der Waals surface area contributed by atoms with Gasteiger partial charge in [-0.25, -0.2) is 0 Å². The first-order valence-electron chi connectivity index (χ1n) is 7.78. The van der Waals surface area contributed by atoms with Crippen LogP contribution in [0.25, 0.3) is 0 Å². The van der Waals surface area contributed by atoms with E-state index in [1.165, 1.54) is 7.11 Å². The van der Waals surface area contributed by atoms with Crippen molar-refractivity contribution < 1.29 is 49.6 Å². The molecule has 24 heavy (non-hydrogen) atoms. The average molecular weight is 354 g/mol. The van der Waals surface area contributed by atoms with E-state index in [2.05, 4.69) is 0 Å². The molecule has 0 amide bonds. The predicted octanol–water partition coefficient (Wildman–Crippen LogP) is -3.67. The van der Waals surface area contributed by atoms with Crippen LogP contribution < -0.4 is 0 Å². The number of hydrogen-bond acceptors (Lipinski definition) is 10. The van der Waals surface area contributed by atoms with E-state index < -0.39 is 74.4 Å². The number of hydrogen-bond donors (Lipinski definition) is 6. The Balaban J connectivity index is 2.08. The molecule has 0 aliphatic carbocycles. The van der Waals surface area contributed by atoms with Crippen molar-refractivity contribution >= 4 is 0 Å². The van der Waals surface area contributed by atoms with Gasteiger partial charge in [0.2, 0.25) is 0 Å². The Labute approximate surface area is 139 Å². The topological polar surface area (TPSA) is 158 Å². The van der Waals surface area contributed by atoms with Gasteiger partial charge in [-0.15, -0.1) is 0 Å². The Morgan fingerprint density at radius 3 is 2.17 bits per heavy atom. The van der Waals surface area contributed by atoms with Crippen molar-refractivity contribution in [1.82, 2.24) is 0 Å². The molecule has 2 aliphatic heterocycles. The highest BCUT2D eigenvalue weighted by Crippen LogP contribution is 2.30. The molecule has 2 fully saturated rings. The quantitative estimate of drug-likeness (QED) is 0.281. The maximum absolute atomic E-state index is 10.2. The van der Waals surface area contributed by atoms with Crippen LogP contribution in [-0.2, 0) is 18.9 Å². The Bertz CT molecular complexity index is 392. The number of ether oxygens (including phenoxy) is 4. The largest absolute Gasteiger partial charge is 0.394 e. The van der Waals surface area contributed by atoms with Gasteiger partial charge in [0.1, 0.15) is 48.8 Å². The van der Waals surface area contributed by atoms with E-state index in [1.54, 1.807) is 6.92 Å². The summed E-state index contributed by atoms with van der Waals surface area (Å²) in [6.45, 7) is 0.628. The van der Waals surface area contributed by atoms with Gasteiger partial charge in [0.15, 0.2) is 6.29 Å². The standard InChI is InChI=1S/C14H26O10/c1-5-8(17)13(9(18)6(3-15)22-5)24-14-11(20)10(19)12(23-14)7(4-16)21-2/h5-20H,3-4H2,1-2H3/t5?,6?,7-,8?,9+,10+,11?,12+,13-,14+/m1/s1. The molecule has 6 N–H and O–H groups in total. The summed E-state index contributed by atoms with van der Waals surface area (Å²) in [4.78, 5) is 0. The smallest absolute Gasteiger partial charge is 0.187 e. The average Bonchev–Trinajstić information content (AvgIpc) is 2.84. The third-order valence-electron chi connectivity index (χ3n) is 4.50. The number of rotatable bonds is 6. The first kappa shape index (κ1) is 19.9. The van der Waals surface area contributed by atoms with Gasteiger partial charge in [-0.2, -0.15) is 0 Å². The highest BCUT2D eigenvalue weighted by Gasteiger charge is 2.51. The Morgan fingerprint density at radius 2 is 1.62 bits per heavy atom. The first-order valence-corrected chi connectivity index (χ1v) is 7.78. The van der Waals surface area contributed by atoms with Gasteiger partial charge in [0, 0.05) is 7.11 Å². The van der Waals surface area contributed by atoms with E-state index in [9.17, 15) is 30.6 Å². The summed E-state index contributed by atoms with van der Waals surface area (Å²) < 4.78 is 21.1.